The highest BCUT2D eigenvalue weighted by atomic mass is 32.1. The highest BCUT2D eigenvalue weighted by Gasteiger charge is 2.00. The molecule has 2 N–H and O–H groups in total. The summed E-state index contributed by atoms with van der Waals surface area (Å²) in [6.07, 6.45) is 1.49. The third-order valence-corrected chi connectivity index (χ3v) is 2.97. The summed E-state index contributed by atoms with van der Waals surface area (Å²) >= 11 is 6.08. The van der Waals surface area contributed by atoms with Gasteiger partial charge in [-0.05, 0) is 36.5 Å². The summed E-state index contributed by atoms with van der Waals surface area (Å²) in [6.45, 7) is 0. The van der Waals surface area contributed by atoms with Gasteiger partial charge in [0.1, 0.15) is 10.7 Å². The van der Waals surface area contributed by atoms with Crippen molar-refractivity contribution in [1.82, 2.24) is 4.98 Å². The van der Waals surface area contributed by atoms with E-state index in [1.165, 1.54) is 29.7 Å². The zero-order valence-electron chi connectivity index (χ0n) is 7.98. The van der Waals surface area contributed by atoms with Gasteiger partial charge in [0.15, 0.2) is 3.95 Å². The summed E-state index contributed by atoms with van der Waals surface area (Å²) in [6, 6.07) is 5.75. The molecule has 1 heterocycles. The van der Waals surface area contributed by atoms with Crippen molar-refractivity contribution in [1.29, 1.82) is 0 Å². The number of H-pyrrole nitrogens is 1. The number of benzene rings is 1. The first-order chi connectivity index (χ1) is 7.65. The van der Waals surface area contributed by atoms with Crippen molar-refractivity contribution in [3.05, 3.63) is 38.9 Å². The molecule has 2 aromatic rings. The van der Waals surface area contributed by atoms with E-state index in [9.17, 15) is 9.50 Å². The number of hydrogen-bond donors (Lipinski definition) is 2. The van der Waals surface area contributed by atoms with Crippen molar-refractivity contribution in [3.8, 4) is 5.88 Å². The van der Waals surface area contributed by atoms with E-state index in [1.807, 2.05) is 0 Å². The number of hydrogen-bond acceptors (Lipinski definition) is 4. The summed E-state index contributed by atoms with van der Waals surface area (Å²) in [5.41, 5.74) is 0.611. The van der Waals surface area contributed by atoms with Gasteiger partial charge >= 0.3 is 0 Å². The summed E-state index contributed by atoms with van der Waals surface area (Å²) < 4.78 is 13.1. The van der Waals surface area contributed by atoms with Crippen LogP contribution in [0.3, 0.4) is 0 Å². The molecule has 0 saturated heterocycles. The summed E-state index contributed by atoms with van der Waals surface area (Å²) in [5, 5.41) is 9.39. The van der Waals surface area contributed by atoms with Crippen LogP contribution in [0.15, 0.2) is 29.3 Å². The van der Waals surface area contributed by atoms with Crippen LogP contribution < -0.4 is 0 Å². The van der Waals surface area contributed by atoms with Crippen LogP contribution in [0.4, 0.5) is 10.1 Å². The molecule has 0 amide bonds. The van der Waals surface area contributed by atoms with Gasteiger partial charge < -0.3 is 10.1 Å². The van der Waals surface area contributed by atoms with Crippen molar-refractivity contribution in [2.75, 3.05) is 0 Å². The van der Waals surface area contributed by atoms with Gasteiger partial charge in [0, 0.05) is 0 Å². The van der Waals surface area contributed by atoms with Crippen LogP contribution in [-0.4, -0.2) is 16.3 Å². The first kappa shape index (κ1) is 11.0. The van der Waals surface area contributed by atoms with Gasteiger partial charge in [0.05, 0.1) is 11.9 Å². The number of aromatic nitrogens is 1. The minimum Gasteiger partial charge on any atom is -0.494 e. The summed E-state index contributed by atoms with van der Waals surface area (Å²) in [5.74, 6) is -0.306. The van der Waals surface area contributed by atoms with Crippen LogP contribution >= 0.6 is 23.6 Å². The second kappa shape index (κ2) is 4.54. The maximum Gasteiger partial charge on any atom is 0.209 e. The van der Waals surface area contributed by atoms with E-state index in [1.54, 1.807) is 12.1 Å². The SMILES string of the molecule is Oc1[nH]c(=S)sc1C=Nc1ccc(F)cc1. The number of rotatable bonds is 2. The summed E-state index contributed by atoms with van der Waals surface area (Å²) in [4.78, 5) is 7.23. The lowest BCUT2D eigenvalue weighted by Crippen LogP contribution is -1.75. The highest BCUT2D eigenvalue weighted by Crippen LogP contribution is 2.20. The lowest BCUT2D eigenvalue weighted by molar-refractivity contribution is 0.456. The molecule has 0 fully saturated rings. The molecule has 16 heavy (non-hydrogen) atoms. The van der Waals surface area contributed by atoms with Gasteiger partial charge in [0.25, 0.3) is 0 Å². The molecule has 0 aliphatic heterocycles. The molecule has 0 unspecified atom stereocenters. The number of nitrogens with one attached hydrogen (secondary N) is 1. The predicted molar refractivity (Wildman–Crippen MR) is 64.8 cm³/mol. The Morgan fingerprint density at radius 2 is 2.06 bits per heavy atom. The van der Waals surface area contributed by atoms with Crippen LogP contribution in [-0.2, 0) is 0 Å². The molecule has 0 aliphatic rings. The quantitative estimate of drug-likeness (QED) is 0.637. The fraction of sp³-hybridized carbons (Fsp3) is 0. The Morgan fingerprint density at radius 1 is 1.38 bits per heavy atom. The number of nitrogens with zero attached hydrogens (tertiary/aromatic N) is 1. The van der Waals surface area contributed by atoms with Crippen molar-refractivity contribution in [2.45, 2.75) is 0 Å². The lowest BCUT2D eigenvalue weighted by Gasteiger charge is -1.92. The number of thiazole rings is 1. The van der Waals surface area contributed by atoms with Crippen molar-refractivity contribution in [2.24, 2.45) is 4.99 Å². The van der Waals surface area contributed by atoms with Crippen molar-refractivity contribution in [3.63, 3.8) is 0 Å². The average molecular weight is 254 g/mol. The minimum absolute atomic E-state index is 0.000798. The van der Waals surface area contributed by atoms with Crippen LogP contribution in [0, 0.1) is 9.77 Å². The standard InChI is InChI=1S/C10H7FN2OS2/c11-6-1-3-7(4-2-6)12-5-8-9(14)13-10(15)16-8/h1-5,14H,(H,13,15). The molecule has 2 rings (SSSR count). The molecule has 0 saturated carbocycles. The highest BCUT2D eigenvalue weighted by molar-refractivity contribution is 7.73. The molecule has 82 valence electrons. The molecule has 1 aromatic heterocycles. The fourth-order valence-corrected chi connectivity index (χ4v) is 2.05. The monoisotopic (exact) mass is 254 g/mol. The van der Waals surface area contributed by atoms with Gasteiger partial charge in [-0.3, -0.25) is 4.99 Å². The fourth-order valence-electron chi connectivity index (χ4n) is 1.08. The Bertz CT molecular complexity index is 571. The Balaban J connectivity index is 2.24. The first-order valence-corrected chi connectivity index (χ1v) is 5.59. The predicted octanol–water partition coefficient (Wildman–Crippen LogP) is 3.40. The zero-order valence-corrected chi connectivity index (χ0v) is 9.61. The minimum atomic E-state index is -0.306. The van der Waals surface area contributed by atoms with E-state index in [-0.39, 0.29) is 11.7 Å². The molecule has 6 heteroatoms. The topological polar surface area (TPSA) is 48.4 Å². The van der Waals surface area contributed by atoms with Gasteiger partial charge in [-0.25, -0.2) is 4.39 Å². The smallest absolute Gasteiger partial charge is 0.209 e. The van der Waals surface area contributed by atoms with Crippen LogP contribution in [0.1, 0.15) is 4.88 Å². The second-order valence-corrected chi connectivity index (χ2v) is 4.68. The van der Waals surface area contributed by atoms with E-state index >= 15 is 0 Å². The lowest BCUT2D eigenvalue weighted by atomic mass is 10.3. The van der Waals surface area contributed by atoms with Gasteiger partial charge in [-0.1, -0.05) is 11.3 Å². The van der Waals surface area contributed by atoms with E-state index in [0.29, 0.717) is 14.5 Å². The molecular formula is C10H7FN2OS2. The Morgan fingerprint density at radius 3 is 2.62 bits per heavy atom. The number of aromatic hydroxyl groups is 1. The van der Waals surface area contributed by atoms with Crippen molar-refractivity contribution >= 4 is 35.5 Å². The average Bonchev–Trinajstić information content (AvgIpc) is 2.57. The molecular weight excluding hydrogens is 247 g/mol. The second-order valence-electron chi connectivity index (χ2n) is 2.96. The van der Waals surface area contributed by atoms with E-state index in [0.717, 1.165) is 0 Å². The molecule has 0 atom stereocenters. The van der Waals surface area contributed by atoms with Gasteiger partial charge in [-0.2, -0.15) is 0 Å². The zero-order chi connectivity index (χ0) is 11.5. The maximum atomic E-state index is 12.6. The van der Waals surface area contributed by atoms with E-state index in [4.69, 9.17) is 12.2 Å². The van der Waals surface area contributed by atoms with Crippen LogP contribution in [0.5, 0.6) is 5.88 Å². The van der Waals surface area contributed by atoms with E-state index < -0.39 is 0 Å². The number of aliphatic imine (C=N–C) groups is 1. The molecule has 3 nitrogen and oxygen atoms in total. The van der Waals surface area contributed by atoms with Crippen LogP contribution in [0.25, 0.3) is 0 Å². The normalized spacial score (nSPS) is 11.1. The maximum absolute atomic E-state index is 12.6. The Kier molecular flexibility index (Phi) is 3.12. The molecule has 0 aliphatic carbocycles. The Labute approximate surface area is 99.9 Å². The first-order valence-electron chi connectivity index (χ1n) is 4.37. The van der Waals surface area contributed by atoms with E-state index in [2.05, 4.69) is 9.98 Å². The van der Waals surface area contributed by atoms with Gasteiger partial charge in [-0.15, -0.1) is 0 Å². The molecule has 0 bridgehead atoms. The Hall–Kier alpha value is -1.53. The van der Waals surface area contributed by atoms with Gasteiger partial charge in [0.2, 0.25) is 5.88 Å². The molecule has 1 aromatic carbocycles. The van der Waals surface area contributed by atoms with Crippen molar-refractivity contribution < 1.29 is 9.50 Å². The number of halogens is 1. The number of aromatic amines is 1. The molecule has 0 spiro atoms. The third-order valence-electron chi connectivity index (χ3n) is 1.81. The third kappa shape index (κ3) is 2.53. The molecule has 0 radical (unpaired) electrons. The van der Waals surface area contributed by atoms with Crippen LogP contribution in [0.2, 0.25) is 0 Å². The summed E-state index contributed by atoms with van der Waals surface area (Å²) in [7, 11) is 0. The largest absolute Gasteiger partial charge is 0.494 e.